The van der Waals surface area contributed by atoms with Gasteiger partial charge in [-0.15, -0.1) is 0 Å². The topological polar surface area (TPSA) is 95.9 Å². The van der Waals surface area contributed by atoms with Crippen molar-refractivity contribution in [3.8, 4) is 11.1 Å². The number of aliphatic carboxylic acids is 1. The quantitative estimate of drug-likeness (QED) is 0.500. The number of unbranched alkanes of at least 4 members (excludes halogenated alkanes) is 3. The van der Waals surface area contributed by atoms with Crippen molar-refractivity contribution in [1.29, 1.82) is 0 Å². The molecule has 2 unspecified atom stereocenters. The fourth-order valence-electron chi connectivity index (χ4n) is 5.85. The fourth-order valence-corrected chi connectivity index (χ4v) is 5.85. The molecule has 1 heterocycles. The summed E-state index contributed by atoms with van der Waals surface area (Å²) in [6.45, 7) is 2.07. The van der Waals surface area contributed by atoms with Gasteiger partial charge in [-0.3, -0.25) is 9.59 Å². The molecule has 7 nitrogen and oxygen atoms in total. The molecule has 0 bridgehead atoms. The molecule has 2 amide bonds. The van der Waals surface area contributed by atoms with Crippen LogP contribution in [-0.2, 0) is 14.3 Å². The summed E-state index contributed by atoms with van der Waals surface area (Å²) in [7, 11) is 0. The predicted molar refractivity (Wildman–Crippen MR) is 131 cm³/mol. The van der Waals surface area contributed by atoms with Crippen molar-refractivity contribution >= 4 is 18.0 Å². The summed E-state index contributed by atoms with van der Waals surface area (Å²) in [6, 6.07) is 16.5. The summed E-state index contributed by atoms with van der Waals surface area (Å²) in [6.07, 6.45) is 3.63. The third-order valence-corrected chi connectivity index (χ3v) is 7.76. The third kappa shape index (κ3) is 4.90. The van der Waals surface area contributed by atoms with Crippen LogP contribution >= 0.6 is 0 Å². The molecule has 7 heteroatoms. The summed E-state index contributed by atoms with van der Waals surface area (Å²) >= 11 is 0. The summed E-state index contributed by atoms with van der Waals surface area (Å²) in [5.74, 6) is -0.428. The molecule has 1 saturated carbocycles. The number of alkyl carbamates (subject to hydrolysis) is 1. The second-order valence-electron chi connectivity index (χ2n) is 9.91. The average Bonchev–Trinajstić information content (AvgIpc) is 3.21. The first-order valence-corrected chi connectivity index (χ1v) is 12.6. The molecule has 5 rings (SSSR count). The smallest absolute Gasteiger partial charge is 0.407 e. The molecule has 0 radical (unpaired) electrons. The van der Waals surface area contributed by atoms with Crippen molar-refractivity contribution in [2.24, 2.45) is 17.8 Å². The summed E-state index contributed by atoms with van der Waals surface area (Å²) in [5.41, 5.74) is 4.82. The molecule has 0 aromatic heterocycles. The number of likely N-dealkylation sites (tertiary alicyclic amines) is 1. The van der Waals surface area contributed by atoms with Gasteiger partial charge in [-0.1, -0.05) is 61.4 Å². The Balaban J connectivity index is 0.946. The maximum atomic E-state index is 12.3. The molecular formula is C28H32N2O5. The van der Waals surface area contributed by atoms with Gasteiger partial charge in [-0.05, 0) is 46.9 Å². The van der Waals surface area contributed by atoms with Crippen molar-refractivity contribution in [3.05, 3.63) is 59.7 Å². The Kier molecular flexibility index (Phi) is 6.75. The van der Waals surface area contributed by atoms with Gasteiger partial charge in [0.2, 0.25) is 5.91 Å². The van der Waals surface area contributed by atoms with Crippen molar-refractivity contribution in [2.45, 2.75) is 38.0 Å². The Morgan fingerprint density at radius 2 is 1.49 bits per heavy atom. The average molecular weight is 477 g/mol. The van der Waals surface area contributed by atoms with Crippen LogP contribution in [0, 0.1) is 17.8 Å². The van der Waals surface area contributed by atoms with Crippen LogP contribution in [0.3, 0.4) is 0 Å². The lowest BCUT2D eigenvalue weighted by atomic mass is 9.98. The predicted octanol–water partition coefficient (Wildman–Crippen LogP) is 4.26. The third-order valence-electron chi connectivity index (χ3n) is 7.76. The van der Waals surface area contributed by atoms with E-state index in [-0.39, 0.29) is 29.6 Å². The van der Waals surface area contributed by atoms with Crippen LogP contribution in [0.25, 0.3) is 11.1 Å². The Labute approximate surface area is 205 Å². The van der Waals surface area contributed by atoms with Gasteiger partial charge in [0.05, 0.1) is 5.92 Å². The second kappa shape index (κ2) is 10.1. The van der Waals surface area contributed by atoms with Gasteiger partial charge in [-0.2, -0.15) is 0 Å². The molecule has 1 aliphatic heterocycles. The molecular weight excluding hydrogens is 444 g/mol. The highest BCUT2D eigenvalue weighted by atomic mass is 16.5. The van der Waals surface area contributed by atoms with E-state index >= 15 is 0 Å². The minimum atomic E-state index is -0.723. The first-order valence-electron chi connectivity index (χ1n) is 12.6. The Morgan fingerprint density at radius 3 is 2.11 bits per heavy atom. The van der Waals surface area contributed by atoms with Crippen molar-refractivity contribution < 1.29 is 24.2 Å². The first-order chi connectivity index (χ1) is 17.0. The number of amides is 2. The Hall–Kier alpha value is -3.35. The van der Waals surface area contributed by atoms with Crippen LogP contribution in [0.2, 0.25) is 0 Å². The van der Waals surface area contributed by atoms with Crippen LogP contribution in [0.4, 0.5) is 4.79 Å². The van der Waals surface area contributed by atoms with Gasteiger partial charge >= 0.3 is 12.1 Å². The molecule has 2 N–H and O–H groups in total. The number of rotatable bonds is 10. The van der Waals surface area contributed by atoms with E-state index in [9.17, 15) is 14.4 Å². The van der Waals surface area contributed by atoms with Crippen LogP contribution in [0.5, 0.6) is 0 Å². The van der Waals surface area contributed by atoms with Gasteiger partial charge in [-0.25, -0.2) is 4.79 Å². The van der Waals surface area contributed by atoms with E-state index in [1.54, 1.807) is 0 Å². The van der Waals surface area contributed by atoms with Crippen LogP contribution in [0.1, 0.15) is 49.1 Å². The summed E-state index contributed by atoms with van der Waals surface area (Å²) in [5, 5.41) is 11.9. The number of carbonyl (C=O) groups is 3. The summed E-state index contributed by atoms with van der Waals surface area (Å²) in [4.78, 5) is 37.4. The van der Waals surface area contributed by atoms with Crippen LogP contribution in [0.15, 0.2) is 48.5 Å². The number of nitrogens with one attached hydrogen (secondary N) is 1. The van der Waals surface area contributed by atoms with E-state index in [0.29, 0.717) is 32.7 Å². The number of benzene rings is 2. The number of fused-ring (bicyclic) bond motifs is 4. The van der Waals surface area contributed by atoms with E-state index in [4.69, 9.17) is 9.84 Å². The molecule has 2 aromatic carbocycles. The molecule has 35 heavy (non-hydrogen) atoms. The molecule has 0 spiro atoms. The number of nitrogens with zero attached hydrogens (tertiary/aromatic N) is 1. The molecule has 1 saturated heterocycles. The van der Waals surface area contributed by atoms with Gasteiger partial charge in [0.1, 0.15) is 6.61 Å². The number of carbonyl (C=O) groups excluding carboxylic acids is 2. The Bertz CT molecular complexity index is 1060. The minimum Gasteiger partial charge on any atom is -0.481 e. The largest absolute Gasteiger partial charge is 0.481 e. The minimum absolute atomic E-state index is 0.0576. The lowest BCUT2D eigenvalue weighted by Crippen LogP contribution is -2.32. The van der Waals surface area contributed by atoms with E-state index in [1.807, 2.05) is 29.2 Å². The zero-order valence-electron chi connectivity index (χ0n) is 19.8. The van der Waals surface area contributed by atoms with Crippen LogP contribution < -0.4 is 5.32 Å². The van der Waals surface area contributed by atoms with E-state index in [2.05, 4.69) is 29.6 Å². The van der Waals surface area contributed by atoms with Crippen molar-refractivity contribution in [2.75, 3.05) is 26.2 Å². The van der Waals surface area contributed by atoms with Crippen molar-refractivity contribution in [1.82, 2.24) is 10.2 Å². The lowest BCUT2D eigenvalue weighted by molar-refractivity contribution is -0.141. The maximum absolute atomic E-state index is 12.3. The SMILES string of the molecule is O=C(NCCCCCCC(=O)N1CC2C(C1)C2C(=O)O)OCC1c2ccccc2-c2ccccc21. The van der Waals surface area contributed by atoms with Gasteiger partial charge in [0, 0.05) is 32.0 Å². The number of piperidine rings is 1. The number of carboxylic acids is 1. The number of hydrogen-bond acceptors (Lipinski definition) is 4. The highest BCUT2D eigenvalue weighted by molar-refractivity contribution is 5.80. The standard InChI is InChI=1S/C28H32N2O5/c31-25(30-15-22-23(16-30)26(22)27(32)33)13-3-1-2-8-14-29-28(34)35-17-24-20-11-6-4-9-18(20)19-10-5-7-12-21(19)24/h4-7,9-12,22-24,26H,1-3,8,13-17H2,(H,29,34)(H,32,33). The number of carboxylic acid groups (broad SMARTS) is 1. The Morgan fingerprint density at radius 1 is 0.886 bits per heavy atom. The van der Waals surface area contributed by atoms with E-state index in [1.165, 1.54) is 22.3 Å². The zero-order chi connectivity index (χ0) is 24.4. The molecule has 2 aromatic rings. The lowest BCUT2D eigenvalue weighted by Gasteiger charge is -2.19. The molecule has 2 fully saturated rings. The highest BCUT2D eigenvalue weighted by Crippen LogP contribution is 2.51. The van der Waals surface area contributed by atoms with Crippen molar-refractivity contribution in [3.63, 3.8) is 0 Å². The van der Waals surface area contributed by atoms with Crippen LogP contribution in [-0.4, -0.2) is 54.2 Å². The highest BCUT2D eigenvalue weighted by Gasteiger charge is 2.60. The maximum Gasteiger partial charge on any atom is 0.407 e. The van der Waals surface area contributed by atoms with Gasteiger partial charge in [0.15, 0.2) is 0 Å². The zero-order valence-corrected chi connectivity index (χ0v) is 19.8. The van der Waals surface area contributed by atoms with Gasteiger partial charge < -0.3 is 20.1 Å². The van der Waals surface area contributed by atoms with E-state index in [0.717, 1.165) is 25.7 Å². The second-order valence-corrected chi connectivity index (χ2v) is 9.91. The monoisotopic (exact) mass is 476 g/mol. The molecule has 2 atom stereocenters. The first kappa shape index (κ1) is 23.4. The number of ether oxygens (including phenoxy) is 1. The van der Waals surface area contributed by atoms with Gasteiger partial charge in [0.25, 0.3) is 0 Å². The molecule has 2 aliphatic carbocycles. The molecule has 184 valence electrons. The fraction of sp³-hybridized carbons (Fsp3) is 0.464. The number of hydrogen-bond donors (Lipinski definition) is 2. The normalized spacial score (nSPS) is 21.7. The molecule has 3 aliphatic rings. The summed E-state index contributed by atoms with van der Waals surface area (Å²) < 4.78 is 5.55. The van der Waals surface area contributed by atoms with E-state index < -0.39 is 12.1 Å².